The second-order valence-electron chi connectivity index (χ2n) is 6.27. The SMILES string of the molecule is CC(C)[C@@H](NC(=O)OC(C)(C)C)[C@H](O)c1ccccc1. The highest BCUT2D eigenvalue weighted by molar-refractivity contribution is 5.68. The smallest absolute Gasteiger partial charge is 0.407 e. The zero-order valence-electron chi connectivity index (χ0n) is 12.9. The fourth-order valence-electron chi connectivity index (χ4n) is 1.91. The van der Waals surface area contributed by atoms with Crippen molar-refractivity contribution in [2.45, 2.75) is 52.4 Å². The van der Waals surface area contributed by atoms with Crippen LogP contribution in [0.4, 0.5) is 4.79 Å². The van der Waals surface area contributed by atoms with Crippen LogP contribution in [0.15, 0.2) is 30.3 Å². The van der Waals surface area contributed by atoms with Gasteiger partial charge in [0.15, 0.2) is 0 Å². The standard InChI is InChI=1S/C16H25NO3/c1-11(2)13(17-15(19)20-16(3,4)5)14(18)12-9-7-6-8-10-12/h6-11,13-14,18H,1-5H3,(H,17,19)/t13-,14-/m1/s1. The van der Waals surface area contributed by atoms with Crippen molar-refractivity contribution in [2.75, 3.05) is 0 Å². The summed E-state index contributed by atoms with van der Waals surface area (Å²) in [5, 5.41) is 13.2. The van der Waals surface area contributed by atoms with Gasteiger partial charge in [0.2, 0.25) is 0 Å². The van der Waals surface area contributed by atoms with Crippen molar-refractivity contribution in [3.8, 4) is 0 Å². The first-order valence-electron chi connectivity index (χ1n) is 6.93. The number of carbonyl (C=O) groups excluding carboxylic acids is 1. The molecule has 0 aromatic heterocycles. The van der Waals surface area contributed by atoms with Gasteiger partial charge in [-0.2, -0.15) is 0 Å². The Kier molecular flexibility index (Phi) is 5.57. The molecule has 1 rings (SSSR count). The first-order valence-corrected chi connectivity index (χ1v) is 6.93. The number of hydrogen-bond acceptors (Lipinski definition) is 3. The molecule has 0 saturated carbocycles. The third-order valence-electron chi connectivity index (χ3n) is 2.88. The van der Waals surface area contributed by atoms with Crippen LogP contribution >= 0.6 is 0 Å². The number of rotatable bonds is 4. The van der Waals surface area contributed by atoms with Crippen LogP contribution in [0.3, 0.4) is 0 Å². The van der Waals surface area contributed by atoms with Crippen LogP contribution < -0.4 is 5.32 Å². The van der Waals surface area contributed by atoms with Gasteiger partial charge in [0, 0.05) is 0 Å². The van der Waals surface area contributed by atoms with Gasteiger partial charge in [-0.25, -0.2) is 4.79 Å². The minimum absolute atomic E-state index is 0.0812. The number of benzene rings is 1. The Labute approximate surface area is 121 Å². The molecule has 1 aromatic carbocycles. The second kappa shape index (κ2) is 6.75. The number of nitrogens with one attached hydrogen (secondary N) is 1. The Balaban J connectivity index is 2.77. The minimum atomic E-state index is -0.760. The molecular formula is C16H25NO3. The van der Waals surface area contributed by atoms with Crippen molar-refractivity contribution in [1.29, 1.82) is 0 Å². The van der Waals surface area contributed by atoms with Gasteiger partial charge >= 0.3 is 6.09 Å². The highest BCUT2D eigenvalue weighted by Gasteiger charge is 2.27. The molecule has 0 aliphatic carbocycles. The number of aliphatic hydroxyl groups is 1. The van der Waals surface area contributed by atoms with Gasteiger partial charge in [-0.3, -0.25) is 0 Å². The van der Waals surface area contributed by atoms with E-state index in [0.717, 1.165) is 5.56 Å². The Bertz CT molecular complexity index is 423. The summed E-state index contributed by atoms with van der Waals surface area (Å²) in [6.45, 7) is 9.34. The maximum atomic E-state index is 11.9. The molecule has 0 spiro atoms. The van der Waals surface area contributed by atoms with Gasteiger partial charge in [-0.05, 0) is 32.3 Å². The lowest BCUT2D eigenvalue weighted by Gasteiger charge is -2.29. The van der Waals surface area contributed by atoms with E-state index in [9.17, 15) is 9.90 Å². The van der Waals surface area contributed by atoms with Crippen molar-refractivity contribution >= 4 is 6.09 Å². The number of amides is 1. The molecule has 4 nitrogen and oxygen atoms in total. The molecule has 1 amide bonds. The zero-order chi connectivity index (χ0) is 15.3. The van der Waals surface area contributed by atoms with E-state index in [-0.39, 0.29) is 5.92 Å². The van der Waals surface area contributed by atoms with Crippen LogP contribution in [-0.2, 0) is 4.74 Å². The number of carbonyl (C=O) groups is 1. The number of alkyl carbamates (subject to hydrolysis) is 1. The van der Waals surface area contributed by atoms with E-state index in [1.54, 1.807) is 0 Å². The maximum absolute atomic E-state index is 11.9. The minimum Gasteiger partial charge on any atom is -0.444 e. The van der Waals surface area contributed by atoms with Gasteiger partial charge in [0.25, 0.3) is 0 Å². The van der Waals surface area contributed by atoms with Crippen LogP contribution in [0.2, 0.25) is 0 Å². The molecule has 4 heteroatoms. The topological polar surface area (TPSA) is 58.6 Å². The summed E-state index contributed by atoms with van der Waals surface area (Å²) < 4.78 is 5.24. The zero-order valence-corrected chi connectivity index (χ0v) is 12.9. The highest BCUT2D eigenvalue weighted by atomic mass is 16.6. The molecule has 0 aliphatic heterocycles. The van der Waals surface area contributed by atoms with Crippen LogP contribution in [0, 0.1) is 5.92 Å². The molecule has 0 fully saturated rings. The molecule has 0 unspecified atom stereocenters. The average Bonchev–Trinajstić information content (AvgIpc) is 2.34. The van der Waals surface area contributed by atoms with Crippen LogP contribution in [-0.4, -0.2) is 22.8 Å². The summed E-state index contributed by atoms with van der Waals surface area (Å²) >= 11 is 0. The summed E-state index contributed by atoms with van der Waals surface area (Å²) in [7, 11) is 0. The lowest BCUT2D eigenvalue weighted by molar-refractivity contribution is 0.0374. The molecule has 1 aromatic rings. The Hall–Kier alpha value is -1.55. The summed E-state index contributed by atoms with van der Waals surface area (Å²) in [4.78, 5) is 11.9. The maximum Gasteiger partial charge on any atom is 0.407 e. The molecule has 0 aliphatic rings. The molecule has 0 radical (unpaired) electrons. The largest absolute Gasteiger partial charge is 0.444 e. The fourth-order valence-corrected chi connectivity index (χ4v) is 1.91. The van der Waals surface area contributed by atoms with Crippen molar-refractivity contribution in [2.24, 2.45) is 5.92 Å². The van der Waals surface area contributed by atoms with E-state index in [0.29, 0.717) is 0 Å². The van der Waals surface area contributed by atoms with E-state index >= 15 is 0 Å². The Morgan fingerprint density at radius 2 is 1.75 bits per heavy atom. The third kappa shape index (κ3) is 5.21. The van der Waals surface area contributed by atoms with Gasteiger partial charge in [0.1, 0.15) is 5.60 Å². The quantitative estimate of drug-likeness (QED) is 0.889. The molecule has 20 heavy (non-hydrogen) atoms. The van der Waals surface area contributed by atoms with Crippen LogP contribution in [0.25, 0.3) is 0 Å². The summed E-state index contributed by atoms with van der Waals surface area (Å²) in [6, 6.07) is 8.91. The second-order valence-corrected chi connectivity index (χ2v) is 6.27. The van der Waals surface area contributed by atoms with Gasteiger partial charge in [-0.15, -0.1) is 0 Å². The van der Waals surface area contributed by atoms with Gasteiger partial charge < -0.3 is 15.2 Å². The van der Waals surface area contributed by atoms with Crippen molar-refractivity contribution < 1.29 is 14.6 Å². The third-order valence-corrected chi connectivity index (χ3v) is 2.88. The van der Waals surface area contributed by atoms with Crippen LogP contribution in [0.1, 0.15) is 46.3 Å². The van der Waals surface area contributed by atoms with Crippen molar-refractivity contribution in [3.63, 3.8) is 0 Å². The summed E-state index contributed by atoms with van der Waals surface area (Å²) in [5.74, 6) is 0.0812. The normalized spacial score (nSPS) is 14.8. The molecular weight excluding hydrogens is 254 g/mol. The summed E-state index contributed by atoms with van der Waals surface area (Å²) in [6.07, 6.45) is -1.27. The lowest BCUT2D eigenvalue weighted by atomic mass is 9.93. The predicted octanol–water partition coefficient (Wildman–Crippen LogP) is 3.27. The van der Waals surface area contributed by atoms with Crippen LogP contribution in [0.5, 0.6) is 0 Å². The van der Waals surface area contributed by atoms with E-state index < -0.39 is 23.8 Å². The number of ether oxygens (including phenoxy) is 1. The lowest BCUT2D eigenvalue weighted by Crippen LogP contribution is -2.45. The van der Waals surface area contributed by atoms with E-state index in [4.69, 9.17) is 4.74 Å². The van der Waals surface area contributed by atoms with E-state index in [2.05, 4.69) is 5.32 Å². The van der Waals surface area contributed by atoms with Crippen molar-refractivity contribution in [3.05, 3.63) is 35.9 Å². The first-order chi connectivity index (χ1) is 9.20. The summed E-state index contributed by atoms with van der Waals surface area (Å²) in [5.41, 5.74) is 0.228. The Morgan fingerprint density at radius 3 is 2.20 bits per heavy atom. The number of hydrogen-bond donors (Lipinski definition) is 2. The number of aliphatic hydroxyl groups excluding tert-OH is 1. The molecule has 0 heterocycles. The predicted molar refractivity (Wildman–Crippen MR) is 79.4 cm³/mol. The highest BCUT2D eigenvalue weighted by Crippen LogP contribution is 2.22. The molecule has 0 bridgehead atoms. The monoisotopic (exact) mass is 279 g/mol. The molecule has 2 N–H and O–H groups in total. The first kappa shape index (κ1) is 16.5. The van der Waals surface area contributed by atoms with E-state index in [1.165, 1.54) is 0 Å². The molecule has 112 valence electrons. The Morgan fingerprint density at radius 1 is 1.20 bits per heavy atom. The van der Waals surface area contributed by atoms with E-state index in [1.807, 2.05) is 65.0 Å². The average molecular weight is 279 g/mol. The molecule has 0 saturated heterocycles. The van der Waals surface area contributed by atoms with Gasteiger partial charge in [-0.1, -0.05) is 44.2 Å². The fraction of sp³-hybridized carbons (Fsp3) is 0.562. The van der Waals surface area contributed by atoms with Gasteiger partial charge in [0.05, 0.1) is 12.1 Å². The van der Waals surface area contributed by atoms with Crippen molar-refractivity contribution in [1.82, 2.24) is 5.32 Å². The molecule has 2 atom stereocenters.